The van der Waals surface area contributed by atoms with Crippen LogP contribution in [-0.4, -0.2) is 51.1 Å². The summed E-state index contributed by atoms with van der Waals surface area (Å²) in [7, 11) is 0. The van der Waals surface area contributed by atoms with E-state index in [1.165, 1.54) is 4.68 Å². The molecule has 0 bridgehead atoms. The molecule has 1 aliphatic heterocycles. The van der Waals surface area contributed by atoms with E-state index in [0.29, 0.717) is 47.8 Å². The van der Waals surface area contributed by atoms with Crippen LogP contribution in [0, 0.1) is 0 Å². The third-order valence-electron chi connectivity index (χ3n) is 5.54. The molecule has 8 nitrogen and oxygen atoms in total. The molecule has 0 aliphatic carbocycles. The first-order valence-electron chi connectivity index (χ1n) is 10.5. The first-order valence-corrected chi connectivity index (χ1v) is 11.2. The summed E-state index contributed by atoms with van der Waals surface area (Å²) < 4.78 is 7.13. The molecule has 1 aliphatic rings. The molecule has 33 heavy (non-hydrogen) atoms. The number of rotatable bonds is 5. The van der Waals surface area contributed by atoms with Crippen molar-refractivity contribution in [3.05, 3.63) is 87.1 Å². The lowest BCUT2D eigenvalue weighted by molar-refractivity contribution is 0.227. The highest BCUT2D eigenvalue weighted by atomic mass is 35.5. The van der Waals surface area contributed by atoms with Crippen LogP contribution in [0.1, 0.15) is 5.89 Å². The molecular formula is C23H20Cl2N6O2. The normalized spacial score (nSPS) is 14.5. The average Bonchev–Trinajstić information content (AvgIpc) is 3.30. The maximum atomic E-state index is 12.8. The molecule has 0 saturated carbocycles. The van der Waals surface area contributed by atoms with Gasteiger partial charge in [0.2, 0.25) is 11.8 Å². The summed E-state index contributed by atoms with van der Waals surface area (Å²) in [5.41, 5.74) is 1.71. The molecule has 0 amide bonds. The van der Waals surface area contributed by atoms with Crippen molar-refractivity contribution in [3.63, 3.8) is 0 Å². The van der Waals surface area contributed by atoms with Gasteiger partial charge in [0.1, 0.15) is 5.02 Å². The number of piperazine rings is 1. The van der Waals surface area contributed by atoms with Crippen LogP contribution in [0.15, 0.2) is 70.0 Å². The molecule has 0 spiro atoms. The fraction of sp³-hybridized carbons (Fsp3) is 0.217. The minimum Gasteiger partial charge on any atom is -0.419 e. The van der Waals surface area contributed by atoms with Gasteiger partial charge >= 0.3 is 0 Å². The van der Waals surface area contributed by atoms with Crippen molar-refractivity contribution in [2.24, 2.45) is 0 Å². The molecule has 1 fully saturated rings. The number of aromatic nitrogens is 4. The molecule has 4 aromatic rings. The second-order valence-corrected chi connectivity index (χ2v) is 8.43. The molecule has 168 valence electrons. The molecule has 2 aromatic heterocycles. The number of halogens is 2. The van der Waals surface area contributed by atoms with E-state index in [-0.39, 0.29) is 10.6 Å². The Hall–Kier alpha value is -3.20. The van der Waals surface area contributed by atoms with E-state index in [2.05, 4.69) is 25.1 Å². The molecule has 0 atom stereocenters. The first kappa shape index (κ1) is 21.6. The van der Waals surface area contributed by atoms with Crippen LogP contribution in [0.5, 0.6) is 0 Å². The number of para-hydroxylation sites is 1. The molecule has 5 rings (SSSR count). The summed E-state index contributed by atoms with van der Waals surface area (Å²) in [6.45, 7) is 3.43. The van der Waals surface area contributed by atoms with E-state index in [1.807, 2.05) is 48.5 Å². The van der Waals surface area contributed by atoms with Crippen molar-refractivity contribution in [1.82, 2.24) is 24.9 Å². The second kappa shape index (κ2) is 9.35. The first-order chi connectivity index (χ1) is 16.1. The largest absolute Gasteiger partial charge is 0.419 e. The van der Waals surface area contributed by atoms with Gasteiger partial charge in [0.15, 0.2) is 0 Å². The second-order valence-electron chi connectivity index (χ2n) is 7.64. The highest BCUT2D eigenvalue weighted by molar-refractivity contribution is 6.33. The summed E-state index contributed by atoms with van der Waals surface area (Å²) >= 11 is 12.7. The van der Waals surface area contributed by atoms with Gasteiger partial charge in [-0.05, 0) is 24.3 Å². The van der Waals surface area contributed by atoms with Crippen LogP contribution < -0.4 is 10.5 Å². The average molecular weight is 483 g/mol. The lowest BCUT2D eigenvalue weighted by atomic mass is 10.2. The van der Waals surface area contributed by atoms with Gasteiger partial charge in [0.25, 0.3) is 5.56 Å². The molecule has 0 radical (unpaired) electrons. The SMILES string of the molecule is O=c1c(Cl)c(N2CCN(Cc3nnc(-c4ccccc4Cl)o3)CC2)cnn1-c1ccccc1. The van der Waals surface area contributed by atoms with Crippen molar-refractivity contribution < 1.29 is 4.42 Å². The zero-order valence-electron chi connectivity index (χ0n) is 17.6. The van der Waals surface area contributed by atoms with Crippen molar-refractivity contribution in [2.75, 3.05) is 31.1 Å². The number of nitrogens with zero attached hydrogens (tertiary/aromatic N) is 6. The van der Waals surface area contributed by atoms with Crippen LogP contribution in [0.3, 0.4) is 0 Å². The topological polar surface area (TPSA) is 80.3 Å². The van der Waals surface area contributed by atoms with Gasteiger partial charge in [-0.3, -0.25) is 9.69 Å². The maximum absolute atomic E-state index is 12.8. The minimum atomic E-state index is -0.333. The summed E-state index contributed by atoms with van der Waals surface area (Å²) in [6.07, 6.45) is 1.65. The molecule has 0 N–H and O–H groups in total. The minimum absolute atomic E-state index is 0.170. The highest BCUT2D eigenvalue weighted by Crippen LogP contribution is 2.27. The van der Waals surface area contributed by atoms with E-state index in [1.54, 1.807) is 12.3 Å². The van der Waals surface area contributed by atoms with Crippen molar-refractivity contribution in [3.8, 4) is 17.1 Å². The number of hydrogen-bond donors (Lipinski definition) is 0. The molecular weight excluding hydrogens is 463 g/mol. The Morgan fingerprint density at radius 2 is 1.64 bits per heavy atom. The molecule has 1 saturated heterocycles. The Bertz CT molecular complexity index is 1320. The van der Waals surface area contributed by atoms with Crippen molar-refractivity contribution >= 4 is 28.9 Å². The number of benzene rings is 2. The predicted octanol–water partition coefficient (Wildman–Crippen LogP) is 3.91. The van der Waals surface area contributed by atoms with E-state index >= 15 is 0 Å². The standard InChI is InChI=1S/C23H20Cl2N6O2/c24-18-9-5-4-8-17(18)22-28-27-20(33-22)15-29-10-12-30(13-11-29)19-14-26-31(23(32)21(19)25)16-6-2-1-3-7-16/h1-9,14H,10-13,15H2. The third kappa shape index (κ3) is 4.50. The van der Waals surface area contributed by atoms with Crippen LogP contribution in [0.25, 0.3) is 17.1 Å². The summed E-state index contributed by atoms with van der Waals surface area (Å²) in [5.74, 6) is 0.939. The number of hydrogen-bond acceptors (Lipinski definition) is 7. The molecule has 3 heterocycles. The summed E-state index contributed by atoms with van der Waals surface area (Å²) in [6, 6.07) is 16.6. The quantitative estimate of drug-likeness (QED) is 0.426. The smallest absolute Gasteiger partial charge is 0.292 e. The van der Waals surface area contributed by atoms with Gasteiger partial charge in [-0.25, -0.2) is 0 Å². The highest BCUT2D eigenvalue weighted by Gasteiger charge is 2.23. The molecule has 0 unspecified atom stereocenters. The van der Waals surface area contributed by atoms with Gasteiger partial charge in [0.05, 0.1) is 34.7 Å². The third-order valence-corrected chi connectivity index (χ3v) is 6.23. The fourth-order valence-electron chi connectivity index (χ4n) is 3.80. The molecule has 2 aromatic carbocycles. The van der Waals surface area contributed by atoms with E-state index in [9.17, 15) is 4.79 Å². The number of anilines is 1. The Morgan fingerprint density at radius 1 is 0.909 bits per heavy atom. The monoisotopic (exact) mass is 482 g/mol. The van der Waals surface area contributed by atoms with Crippen molar-refractivity contribution in [1.29, 1.82) is 0 Å². The zero-order valence-corrected chi connectivity index (χ0v) is 19.1. The van der Waals surface area contributed by atoms with Crippen LogP contribution in [-0.2, 0) is 6.54 Å². The lowest BCUT2D eigenvalue weighted by Crippen LogP contribution is -2.46. The Kier molecular flexibility index (Phi) is 6.13. The van der Waals surface area contributed by atoms with Gasteiger partial charge in [-0.2, -0.15) is 9.78 Å². The zero-order chi connectivity index (χ0) is 22.8. The maximum Gasteiger partial charge on any atom is 0.292 e. The Labute approximate surface area is 200 Å². The van der Waals surface area contributed by atoms with E-state index in [0.717, 1.165) is 18.7 Å². The van der Waals surface area contributed by atoms with Crippen molar-refractivity contribution in [2.45, 2.75) is 6.54 Å². The van der Waals surface area contributed by atoms with Gasteiger partial charge in [-0.15, -0.1) is 10.2 Å². The van der Waals surface area contributed by atoms with Crippen LogP contribution in [0.4, 0.5) is 5.69 Å². The van der Waals surface area contributed by atoms with Gasteiger partial charge in [-0.1, -0.05) is 53.5 Å². The summed E-state index contributed by atoms with van der Waals surface area (Å²) in [4.78, 5) is 17.1. The lowest BCUT2D eigenvalue weighted by Gasteiger charge is -2.35. The summed E-state index contributed by atoms with van der Waals surface area (Å²) in [5, 5.41) is 13.4. The Balaban J connectivity index is 1.24. The molecule has 10 heteroatoms. The van der Waals surface area contributed by atoms with Gasteiger partial charge < -0.3 is 9.32 Å². The fourth-order valence-corrected chi connectivity index (χ4v) is 4.26. The van der Waals surface area contributed by atoms with E-state index in [4.69, 9.17) is 27.6 Å². The van der Waals surface area contributed by atoms with Crippen LogP contribution in [0.2, 0.25) is 10.0 Å². The van der Waals surface area contributed by atoms with Gasteiger partial charge in [0, 0.05) is 26.2 Å². The Morgan fingerprint density at radius 3 is 2.39 bits per heavy atom. The predicted molar refractivity (Wildman–Crippen MR) is 127 cm³/mol. The van der Waals surface area contributed by atoms with Crippen LogP contribution >= 0.6 is 23.2 Å². The van der Waals surface area contributed by atoms with E-state index < -0.39 is 0 Å².